The molecule has 0 spiro atoms. The molecule has 0 aliphatic heterocycles. The number of aromatic nitrogens is 6. The SMILES string of the molecule is CCCN(CCC)CCCCc1nc2ccc(CN(Cc3ncc[nH]3)Cc3nccn3C)cc2[nH]1. The number of imidazole rings is 3. The van der Waals surface area contributed by atoms with Crippen LogP contribution in [0.2, 0.25) is 0 Å². The summed E-state index contributed by atoms with van der Waals surface area (Å²) in [5.41, 5.74) is 3.42. The predicted molar refractivity (Wildman–Crippen MR) is 141 cm³/mol. The Morgan fingerprint density at radius 3 is 2.46 bits per heavy atom. The Balaban J connectivity index is 1.37. The van der Waals surface area contributed by atoms with Gasteiger partial charge >= 0.3 is 0 Å². The number of aryl methyl sites for hydroxylation is 2. The van der Waals surface area contributed by atoms with Crippen LogP contribution < -0.4 is 0 Å². The van der Waals surface area contributed by atoms with Crippen LogP contribution in [0, 0.1) is 0 Å². The van der Waals surface area contributed by atoms with Crippen LogP contribution in [0.1, 0.15) is 62.6 Å². The molecule has 2 N–H and O–H groups in total. The van der Waals surface area contributed by atoms with Crippen molar-refractivity contribution in [2.24, 2.45) is 7.05 Å². The first-order valence-corrected chi connectivity index (χ1v) is 13.0. The second-order valence-electron chi connectivity index (χ2n) is 9.47. The minimum Gasteiger partial charge on any atom is -0.348 e. The number of hydrogen-bond acceptors (Lipinski definition) is 5. The van der Waals surface area contributed by atoms with Crippen molar-refractivity contribution in [2.75, 3.05) is 19.6 Å². The zero-order valence-electron chi connectivity index (χ0n) is 21.5. The zero-order chi connectivity index (χ0) is 24.5. The van der Waals surface area contributed by atoms with Crippen LogP contribution in [0.5, 0.6) is 0 Å². The van der Waals surface area contributed by atoms with Gasteiger partial charge in [-0.3, -0.25) is 4.90 Å². The lowest BCUT2D eigenvalue weighted by Crippen LogP contribution is -2.26. The normalized spacial score (nSPS) is 11.9. The molecule has 35 heavy (non-hydrogen) atoms. The first-order chi connectivity index (χ1) is 17.1. The summed E-state index contributed by atoms with van der Waals surface area (Å²) >= 11 is 0. The van der Waals surface area contributed by atoms with Crippen molar-refractivity contribution in [3.8, 4) is 0 Å². The van der Waals surface area contributed by atoms with Crippen LogP contribution in [0.3, 0.4) is 0 Å². The van der Waals surface area contributed by atoms with Gasteiger partial charge in [-0.1, -0.05) is 19.9 Å². The topological polar surface area (TPSA) is 81.7 Å². The molecule has 4 aromatic rings. The van der Waals surface area contributed by atoms with E-state index in [0.29, 0.717) is 0 Å². The molecule has 3 heterocycles. The highest BCUT2D eigenvalue weighted by molar-refractivity contribution is 5.75. The van der Waals surface area contributed by atoms with E-state index in [1.807, 2.05) is 25.6 Å². The molecule has 0 saturated heterocycles. The number of unbranched alkanes of at least 4 members (excludes halogenated alkanes) is 1. The lowest BCUT2D eigenvalue weighted by molar-refractivity contribution is 0.233. The molecule has 0 unspecified atom stereocenters. The standard InChI is InChI=1S/C27H40N8/c1-4-14-34(15-5-2)16-7-6-8-25-31-23-10-9-22(18-24(23)32-25)19-35(20-26-28-11-12-29-26)21-27-30-13-17-33(27)3/h9-13,17-18H,4-8,14-16,19-21H2,1-3H3,(H,28,29)(H,31,32). The van der Waals surface area contributed by atoms with Gasteiger partial charge in [0.1, 0.15) is 17.5 Å². The molecular weight excluding hydrogens is 436 g/mol. The fourth-order valence-corrected chi connectivity index (χ4v) is 4.69. The molecule has 0 bridgehead atoms. The van der Waals surface area contributed by atoms with E-state index in [9.17, 15) is 0 Å². The van der Waals surface area contributed by atoms with Gasteiger partial charge in [0.2, 0.25) is 0 Å². The Bertz CT molecular complexity index is 1140. The molecule has 0 radical (unpaired) electrons. The summed E-state index contributed by atoms with van der Waals surface area (Å²) in [4.78, 5) is 25.5. The minimum absolute atomic E-state index is 0.735. The van der Waals surface area contributed by atoms with Crippen molar-refractivity contribution >= 4 is 11.0 Å². The fourth-order valence-electron chi connectivity index (χ4n) is 4.69. The van der Waals surface area contributed by atoms with E-state index in [4.69, 9.17) is 4.98 Å². The van der Waals surface area contributed by atoms with E-state index in [2.05, 4.69) is 66.3 Å². The van der Waals surface area contributed by atoms with Gasteiger partial charge < -0.3 is 19.4 Å². The zero-order valence-corrected chi connectivity index (χ0v) is 21.5. The van der Waals surface area contributed by atoms with Crippen molar-refractivity contribution < 1.29 is 0 Å². The molecule has 0 aliphatic carbocycles. The first-order valence-electron chi connectivity index (χ1n) is 13.0. The van der Waals surface area contributed by atoms with Gasteiger partial charge in [0.25, 0.3) is 0 Å². The third kappa shape index (κ3) is 7.26. The first kappa shape index (κ1) is 25.1. The van der Waals surface area contributed by atoms with E-state index in [1.165, 1.54) is 44.5 Å². The average molecular weight is 477 g/mol. The van der Waals surface area contributed by atoms with Crippen molar-refractivity contribution in [3.05, 3.63) is 66.0 Å². The van der Waals surface area contributed by atoms with Gasteiger partial charge in [-0.15, -0.1) is 0 Å². The molecular formula is C27H40N8. The highest BCUT2D eigenvalue weighted by atomic mass is 15.2. The number of fused-ring (bicyclic) bond motifs is 1. The second-order valence-corrected chi connectivity index (χ2v) is 9.47. The fraction of sp³-hybridized carbons (Fsp3) is 0.519. The van der Waals surface area contributed by atoms with Crippen molar-refractivity contribution in [1.29, 1.82) is 0 Å². The maximum absolute atomic E-state index is 4.84. The summed E-state index contributed by atoms with van der Waals surface area (Å²) < 4.78 is 2.07. The van der Waals surface area contributed by atoms with E-state index in [0.717, 1.165) is 61.0 Å². The largest absolute Gasteiger partial charge is 0.348 e. The molecule has 8 nitrogen and oxygen atoms in total. The molecule has 0 atom stereocenters. The van der Waals surface area contributed by atoms with E-state index < -0.39 is 0 Å². The van der Waals surface area contributed by atoms with Gasteiger partial charge in [0.05, 0.1) is 24.1 Å². The molecule has 0 aliphatic rings. The molecule has 0 saturated carbocycles. The average Bonchev–Trinajstić information content (AvgIpc) is 3.59. The molecule has 3 aromatic heterocycles. The summed E-state index contributed by atoms with van der Waals surface area (Å²) in [5.74, 6) is 3.09. The number of rotatable bonds is 15. The minimum atomic E-state index is 0.735. The van der Waals surface area contributed by atoms with E-state index in [1.54, 1.807) is 6.20 Å². The predicted octanol–water partition coefficient (Wildman–Crippen LogP) is 4.67. The molecule has 4 rings (SSSR count). The molecule has 0 fully saturated rings. The molecule has 8 heteroatoms. The van der Waals surface area contributed by atoms with Gasteiger partial charge in [-0.2, -0.15) is 0 Å². The second kappa shape index (κ2) is 12.7. The van der Waals surface area contributed by atoms with Crippen LogP contribution in [-0.2, 0) is 33.1 Å². The van der Waals surface area contributed by atoms with Crippen LogP contribution >= 0.6 is 0 Å². The quantitative estimate of drug-likeness (QED) is 0.244. The lowest BCUT2D eigenvalue weighted by Gasteiger charge is -2.21. The Labute approximate surface area is 208 Å². The molecule has 188 valence electrons. The highest BCUT2D eigenvalue weighted by Crippen LogP contribution is 2.18. The van der Waals surface area contributed by atoms with Crippen molar-refractivity contribution in [1.82, 2.24) is 39.3 Å². The third-order valence-corrected chi connectivity index (χ3v) is 6.43. The number of nitrogens with one attached hydrogen (secondary N) is 2. The van der Waals surface area contributed by atoms with Gasteiger partial charge in [0.15, 0.2) is 0 Å². The van der Waals surface area contributed by atoms with Gasteiger partial charge in [-0.05, 0) is 63.0 Å². The Morgan fingerprint density at radius 1 is 0.886 bits per heavy atom. The number of nitrogens with zero attached hydrogens (tertiary/aromatic N) is 6. The maximum atomic E-state index is 4.84. The number of aromatic amines is 2. The number of H-pyrrole nitrogens is 2. The van der Waals surface area contributed by atoms with Crippen LogP contribution in [0.15, 0.2) is 43.0 Å². The van der Waals surface area contributed by atoms with Crippen LogP contribution in [0.25, 0.3) is 11.0 Å². The highest BCUT2D eigenvalue weighted by Gasteiger charge is 2.13. The number of benzene rings is 1. The van der Waals surface area contributed by atoms with Gasteiger partial charge in [0, 0.05) is 44.8 Å². The molecule has 1 aromatic carbocycles. The summed E-state index contributed by atoms with van der Waals surface area (Å²) in [6.07, 6.45) is 13.4. The Hall–Kier alpha value is -2.97. The number of hydrogen-bond donors (Lipinski definition) is 2. The Morgan fingerprint density at radius 2 is 1.74 bits per heavy atom. The van der Waals surface area contributed by atoms with E-state index in [-0.39, 0.29) is 0 Å². The smallest absolute Gasteiger partial charge is 0.122 e. The third-order valence-electron chi connectivity index (χ3n) is 6.43. The summed E-state index contributed by atoms with van der Waals surface area (Å²) in [6.45, 7) is 10.4. The summed E-state index contributed by atoms with van der Waals surface area (Å²) in [7, 11) is 2.04. The van der Waals surface area contributed by atoms with Gasteiger partial charge in [-0.25, -0.2) is 15.0 Å². The maximum Gasteiger partial charge on any atom is 0.122 e. The summed E-state index contributed by atoms with van der Waals surface area (Å²) in [6, 6.07) is 6.57. The van der Waals surface area contributed by atoms with E-state index >= 15 is 0 Å². The monoisotopic (exact) mass is 476 g/mol. The van der Waals surface area contributed by atoms with Crippen molar-refractivity contribution in [2.45, 2.75) is 65.6 Å². The Kier molecular flexibility index (Phi) is 9.08. The molecule has 0 amide bonds. The van der Waals surface area contributed by atoms with Crippen LogP contribution in [0.4, 0.5) is 0 Å². The summed E-state index contributed by atoms with van der Waals surface area (Å²) in [5, 5.41) is 0. The lowest BCUT2D eigenvalue weighted by atomic mass is 10.2. The van der Waals surface area contributed by atoms with Crippen LogP contribution in [-0.4, -0.2) is 58.9 Å². The van der Waals surface area contributed by atoms with Crippen molar-refractivity contribution in [3.63, 3.8) is 0 Å².